The molecule has 0 spiro atoms. The predicted octanol–water partition coefficient (Wildman–Crippen LogP) is 4.82. The highest BCUT2D eigenvalue weighted by atomic mass is 16.1. The highest BCUT2D eigenvalue weighted by Crippen LogP contribution is 2.29. The topological polar surface area (TPSA) is 118 Å². The number of aromatic nitrogens is 3. The summed E-state index contributed by atoms with van der Waals surface area (Å²) in [7, 11) is 0. The minimum Gasteiger partial charge on any atom is -0.368 e. The number of nitrogens with zero attached hydrogens (tertiary/aromatic N) is 3. The van der Waals surface area contributed by atoms with Crippen molar-refractivity contribution in [2.75, 3.05) is 31.5 Å². The van der Waals surface area contributed by atoms with Crippen LogP contribution in [0.15, 0.2) is 79.1 Å². The third-order valence-electron chi connectivity index (χ3n) is 6.97. The lowest BCUT2D eigenvalue weighted by Gasteiger charge is -2.12. The number of nitrogens with two attached hydrogens (primary N) is 1. The minimum atomic E-state index is -0.465. The second-order valence-electron chi connectivity index (χ2n) is 9.84. The molecule has 8 nitrogen and oxygen atoms in total. The lowest BCUT2D eigenvalue weighted by molar-refractivity contribution is 0.100. The van der Waals surface area contributed by atoms with Gasteiger partial charge >= 0.3 is 0 Å². The Labute approximate surface area is 234 Å². The molecule has 0 aliphatic heterocycles. The quantitative estimate of drug-likeness (QED) is 0.127. The minimum absolute atomic E-state index is 0.442. The molecule has 0 radical (unpaired) electrons. The van der Waals surface area contributed by atoms with Crippen LogP contribution in [0.25, 0.3) is 32.8 Å². The molecule has 0 aliphatic carbocycles. The molecule has 1 amide bonds. The van der Waals surface area contributed by atoms with Crippen LogP contribution in [-0.2, 0) is 6.54 Å². The summed E-state index contributed by atoms with van der Waals surface area (Å²) in [6.07, 6.45) is 5.78. The fourth-order valence-electron chi connectivity index (χ4n) is 4.88. The van der Waals surface area contributed by atoms with Crippen molar-refractivity contribution >= 4 is 33.4 Å². The Morgan fingerprint density at radius 3 is 2.45 bits per heavy atom. The standard InChI is InChI=1S/C32H35N7O/c1-22-26(23-7-3-2-4-8-23)12-10-25(38-22)20-35-15-6-5-14-34-17-18-37-32-28-13-16-36-21-29(28)27-11-9-24(31(33)40)19-30(27)39-32/h2-4,7-13,16,19,21,34-35H,5-6,14-15,17-18,20H2,1H3,(H2,33,40)(H,37,39). The molecule has 40 heavy (non-hydrogen) atoms. The van der Waals surface area contributed by atoms with Crippen LogP contribution in [0.3, 0.4) is 0 Å². The summed E-state index contributed by atoms with van der Waals surface area (Å²) in [5.74, 6) is 0.311. The number of hydrogen-bond donors (Lipinski definition) is 4. The van der Waals surface area contributed by atoms with Crippen molar-refractivity contribution in [2.45, 2.75) is 26.3 Å². The van der Waals surface area contributed by atoms with E-state index in [1.54, 1.807) is 18.3 Å². The second-order valence-corrected chi connectivity index (χ2v) is 9.84. The average molecular weight is 534 g/mol. The van der Waals surface area contributed by atoms with E-state index in [2.05, 4.69) is 64.3 Å². The molecule has 0 saturated heterocycles. The van der Waals surface area contributed by atoms with Gasteiger partial charge in [-0.15, -0.1) is 0 Å². The molecule has 8 heteroatoms. The lowest BCUT2D eigenvalue weighted by Crippen LogP contribution is -2.24. The first-order valence-electron chi connectivity index (χ1n) is 13.7. The number of primary amides is 1. The Bertz CT molecular complexity index is 1600. The molecule has 5 N–H and O–H groups in total. The maximum Gasteiger partial charge on any atom is 0.248 e. The van der Waals surface area contributed by atoms with Crippen molar-refractivity contribution < 1.29 is 4.79 Å². The van der Waals surface area contributed by atoms with Crippen LogP contribution in [0.2, 0.25) is 0 Å². The average Bonchev–Trinajstić information content (AvgIpc) is 2.98. The number of rotatable bonds is 13. The predicted molar refractivity (Wildman–Crippen MR) is 162 cm³/mol. The smallest absolute Gasteiger partial charge is 0.248 e. The normalized spacial score (nSPS) is 11.2. The summed E-state index contributed by atoms with van der Waals surface area (Å²) in [5, 5.41) is 13.4. The van der Waals surface area contributed by atoms with Gasteiger partial charge in [0, 0.05) is 65.0 Å². The molecule has 0 fully saturated rings. The number of hydrogen-bond acceptors (Lipinski definition) is 7. The summed E-state index contributed by atoms with van der Waals surface area (Å²) >= 11 is 0. The van der Waals surface area contributed by atoms with Crippen LogP contribution in [0.4, 0.5) is 5.82 Å². The summed E-state index contributed by atoms with van der Waals surface area (Å²) in [5.41, 5.74) is 11.1. The first-order valence-corrected chi connectivity index (χ1v) is 13.7. The number of amides is 1. The van der Waals surface area contributed by atoms with Crippen LogP contribution in [0, 0.1) is 6.92 Å². The van der Waals surface area contributed by atoms with Crippen molar-refractivity contribution in [3.63, 3.8) is 0 Å². The molecule has 0 bridgehead atoms. The molecular weight excluding hydrogens is 498 g/mol. The van der Waals surface area contributed by atoms with Crippen LogP contribution in [0.1, 0.15) is 34.6 Å². The van der Waals surface area contributed by atoms with E-state index in [0.717, 1.165) is 84.4 Å². The van der Waals surface area contributed by atoms with E-state index in [9.17, 15) is 4.79 Å². The summed E-state index contributed by atoms with van der Waals surface area (Å²) in [6, 6.07) is 22.0. The second kappa shape index (κ2) is 13.1. The Balaban J connectivity index is 1.02. The highest BCUT2D eigenvalue weighted by Gasteiger charge is 2.10. The molecular formula is C32H35N7O. The van der Waals surface area contributed by atoms with Gasteiger partial charge in [-0.2, -0.15) is 0 Å². The van der Waals surface area contributed by atoms with Gasteiger partial charge < -0.3 is 21.7 Å². The van der Waals surface area contributed by atoms with E-state index >= 15 is 0 Å². The molecule has 3 aromatic heterocycles. The van der Waals surface area contributed by atoms with Crippen molar-refractivity contribution in [3.8, 4) is 11.1 Å². The van der Waals surface area contributed by atoms with E-state index in [0.29, 0.717) is 5.56 Å². The Hall–Kier alpha value is -4.40. The fraction of sp³-hybridized carbons (Fsp3) is 0.250. The SMILES string of the molecule is Cc1nc(CNCCCCNCCNc2nc3cc(C(N)=O)ccc3c3cnccc23)ccc1-c1ccccc1. The van der Waals surface area contributed by atoms with E-state index in [-0.39, 0.29) is 0 Å². The summed E-state index contributed by atoms with van der Waals surface area (Å²) < 4.78 is 0. The maximum atomic E-state index is 11.6. The molecule has 5 rings (SSSR count). The number of carbonyl (C=O) groups is 1. The third-order valence-corrected chi connectivity index (χ3v) is 6.97. The van der Waals surface area contributed by atoms with Crippen molar-refractivity contribution in [2.24, 2.45) is 5.73 Å². The summed E-state index contributed by atoms with van der Waals surface area (Å²) in [4.78, 5) is 25.5. The number of aryl methyl sites for hydroxylation is 1. The number of pyridine rings is 3. The Morgan fingerprint density at radius 1 is 0.825 bits per heavy atom. The monoisotopic (exact) mass is 533 g/mol. The number of nitrogens with one attached hydrogen (secondary N) is 3. The van der Waals surface area contributed by atoms with Gasteiger partial charge in [0.2, 0.25) is 5.91 Å². The van der Waals surface area contributed by atoms with Crippen LogP contribution in [0.5, 0.6) is 0 Å². The molecule has 3 heterocycles. The van der Waals surface area contributed by atoms with Crippen LogP contribution in [-0.4, -0.2) is 47.0 Å². The van der Waals surface area contributed by atoms with Crippen molar-refractivity contribution in [1.82, 2.24) is 25.6 Å². The van der Waals surface area contributed by atoms with Crippen LogP contribution >= 0.6 is 0 Å². The molecule has 0 saturated carbocycles. The number of unbranched alkanes of at least 4 members (excludes halogenated alkanes) is 1. The zero-order chi connectivity index (χ0) is 27.7. The van der Waals surface area contributed by atoms with Gasteiger partial charge in [-0.25, -0.2) is 4.98 Å². The van der Waals surface area contributed by atoms with Gasteiger partial charge in [-0.05, 0) is 62.7 Å². The zero-order valence-corrected chi connectivity index (χ0v) is 22.8. The number of carbonyl (C=O) groups excluding carboxylic acids is 1. The Morgan fingerprint density at radius 2 is 1.65 bits per heavy atom. The van der Waals surface area contributed by atoms with Gasteiger partial charge in [-0.3, -0.25) is 14.8 Å². The molecule has 5 aromatic rings. The van der Waals surface area contributed by atoms with Gasteiger partial charge in [0.15, 0.2) is 0 Å². The molecule has 0 unspecified atom stereocenters. The molecule has 0 aliphatic rings. The molecule has 2 aromatic carbocycles. The zero-order valence-electron chi connectivity index (χ0n) is 22.8. The number of anilines is 1. The van der Waals surface area contributed by atoms with E-state index in [1.165, 1.54) is 11.1 Å². The van der Waals surface area contributed by atoms with E-state index < -0.39 is 5.91 Å². The van der Waals surface area contributed by atoms with Crippen LogP contribution < -0.4 is 21.7 Å². The molecule has 204 valence electrons. The Kier molecular flexibility index (Phi) is 8.90. The van der Waals surface area contributed by atoms with Crippen molar-refractivity contribution in [1.29, 1.82) is 0 Å². The van der Waals surface area contributed by atoms with Gasteiger partial charge in [-0.1, -0.05) is 42.5 Å². The molecule has 0 atom stereocenters. The van der Waals surface area contributed by atoms with Gasteiger partial charge in [0.25, 0.3) is 0 Å². The number of benzene rings is 2. The van der Waals surface area contributed by atoms with E-state index in [4.69, 9.17) is 15.7 Å². The first kappa shape index (κ1) is 27.2. The lowest BCUT2D eigenvalue weighted by atomic mass is 10.0. The maximum absolute atomic E-state index is 11.6. The van der Waals surface area contributed by atoms with Crippen molar-refractivity contribution in [3.05, 3.63) is 96.1 Å². The number of fused-ring (bicyclic) bond motifs is 3. The largest absolute Gasteiger partial charge is 0.368 e. The van der Waals surface area contributed by atoms with E-state index in [1.807, 2.05) is 24.4 Å². The van der Waals surface area contributed by atoms with Gasteiger partial charge in [0.1, 0.15) is 5.82 Å². The fourth-order valence-corrected chi connectivity index (χ4v) is 4.88. The first-order chi connectivity index (χ1) is 19.6. The highest BCUT2D eigenvalue weighted by molar-refractivity contribution is 6.11. The van der Waals surface area contributed by atoms with Gasteiger partial charge in [0.05, 0.1) is 11.2 Å². The summed E-state index contributed by atoms with van der Waals surface area (Å²) in [6.45, 7) is 6.30. The third kappa shape index (κ3) is 6.59.